The van der Waals surface area contributed by atoms with Crippen LogP contribution < -0.4 is 10.5 Å². The molecule has 0 fully saturated rings. The Morgan fingerprint density at radius 3 is 2.71 bits per heavy atom. The third kappa shape index (κ3) is 2.11. The lowest BCUT2D eigenvalue weighted by Gasteiger charge is -2.14. The third-order valence-corrected chi connectivity index (χ3v) is 2.35. The van der Waals surface area contributed by atoms with Gasteiger partial charge in [-0.1, -0.05) is 18.5 Å². The number of rotatable bonds is 3. The SMILES string of the molecule is CCC(N)c1cc(Cl)cc(OC)c1O. The van der Waals surface area contributed by atoms with E-state index in [2.05, 4.69) is 0 Å². The van der Waals surface area contributed by atoms with Crippen LogP contribution in [0.25, 0.3) is 0 Å². The van der Waals surface area contributed by atoms with Crippen molar-refractivity contribution in [1.29, 1.82) is 0 Å². The molecule has 3 nitrogen and oxygen atoms in total. The first-order valence-corrected chi connectivity index (χ1v) is 4.79. The monoisotopic (exact) mass is 215 g/mol. The standard InChI is InChI=1S/C10H14ClNO2/c1-3-8(12)7-4-6(11)5-9(14-2)10(7)13/h4-5,8,13H,3,12H2,1-2H3. The molecule has 0 radical (unpaired) electrons. The summed E-state index contributed by atoms with van der Waals surface area (Å²) in [6.45, 7) is 1.94. The molecule has 1 atom stereocenters. The van der Waals surface area contributed by atoms with Gasteiger partial charge in [-0.15, -0.1) is 0 Å². The molecule has 0 aliphatic carbocycles. The lowest BCUT2D eigenvalue weighted by molar-refractivity contribution is 0.368. The number of hydrogen-bond donors (Lipinski definition) is 2. The van der Waals surface area contributed by atoms with Gasteiger partial charge in [0, 0.05) is 22.7 Å². The number of aromatic hydroxyl groups is 1. The maximum absolute atomic E-state index is 9.75. The molecule has 0 aliphatic rings. The molecule has 3 N–H and O–H groups in total. The summed E-state index contributed by atoms with van der Waals surface area (Å²) in [4.78, 5) is 0. The van der Waals surface area contributed by atoms with E-state index >= 15 is 0 Å². The van der Waals surface area contributed by atoms with Crippen molar-refractivity contribution < 1.29 is 9.84 Å². The first-order chi connectivity index (χ1) is 6.60. The van der Waals surface area contributed by atoms with Crippen molar-refractivity contribution >= 4 is 11.6 Å². The molecule has 0 heterocycles. The van der Waals surface area contributed by atoms with Crippen LogP contribution in [0.1, 0.15) is 24.9 Å². The van der Waals surface area contributed by atoms with Gasteiger partial charge in [0.2, 0.25) is 0 Å². The normalized spacial score (nSPS) is 12.6. The molecular formula is C10H14ClNO2. The van der Waals surface area contributed by atoms with Crippen molar-refractivity contribution in [3.05, 3.63) is 22.7 Å². The van der Waals surface area contributed by atoms with Gasteiger partial charge in [0.05, 0.1) is 7.11 Å². The van der Waals surface area contributed by atoms with Crippen LogP contribution >= 0.6 is 11.6 Å². The number of benzene rings is 1. The number of phenols is 1. The van der Waals surface area contributed by atoms with Crippen molar-refractivity contribution in [2.24, 2.45) is 5.73 Å². The summed E-state index contributed by atoms with van der Waals surface area (Å²) >= 11 is 5.86. The lowest BCUT2D eigenvalue weighted by atomic mass is 10.0. The predicted octanol–water partition coefficient (Wildman–Crippen LogP) is 2.46. The van der Waals surface area contributed by atoms with Crippen LogP contribution in [0.5, 0.6) is 11.5 Å². The Kier molecular flexibility index (Phi) is 3.61. The van der Waals surface area contributed by atoms with Gasteiger partial charge in [0.25, 0.3) is 0 Å². The Labute approximate surface area is 88.4 Å². The second-order valence-electron chi connectivity index (χ2n) is 3.06. The Morgan fingerprint density at radius 2 is 2.21 bits per heavy atom. The van der Waals surface area contributed by atoms with Crippen LogP contribution in [0.4, 0.5) is 0 Å². The molecule has 1 aromatic rings. The molecule has 4 heteroatoms. The third-order valence-electron chi connectivity index (χ3n) is 2.13. The Bertz CT molecular complexity index is 328. The first kappa shape index (κ1) is 11.1. The van der Waals surface area contributed by atoms with Crippen molar-refractivity contribution in [3.8, 4) is 11.5 Å². The van der Waals surface area contributed by atoms with E-state index in [0.717, 1.165) is 6.42 Å². The Morgan fingerprint density at radius 1 is 1.57 bits per heavy atom. The van der Waals surface area contributed by atoms with Gasteiger partial charge in [-0.2, -0.15) is 0 Å². The first-order valence-electron chi connectivity index (χ1n) is 4.42. The van der Waals surface area contributed by atoms with Crippen LogP contribution in [0.3, 0.4) is 0 Å². The molecule has 1 aromatic carbocycles. The van der Waals surface area contributed by atoms with Gasteiger partial charge in [-0.3, -0.25) is 0 Å². The van der Waals surface area contributed by atoms with E-state index in [4.69, 9.17) is 22.1 Å². The van der Waals surface area contributed by atoms with Crippen LogP contribution in [-0.4, -0.2) is 12.2 Å². The predicted molar refractivity (Wildman–Crippen MR) is 56.9 cm³/mol. The molecule has 0 spiro atoms. The number of nitrogens with two attached hydrogens (primary N) is 1. The summed E-state index contributed by atoms with van der Waals surface area (Å²) in [5.74, 6) is 0.433. The smallest absolute Gasteiger partial charge is 0.162 e. The molecule has 0 amide bonds. The summed E-state index contributed by atoms with van der Waals surface area (Å²) in [6.07, 6.45) is 0.733. The van der Waals surface area contributed by atoms with Gasteiger partial charge in [-0.25, -0.2) is 0 Å². The number of halogens is 1. The van der Waals surface area contributed by atoms with Crippen molar-refractivity contribution in [2.45, 2.75) is 19.4 Å². The second-order valence-corrected chi connectivity index (χ2v) is 3.50. The van der Waals surface area contributed by atoms with Crippen LogP contribution in [-0.2, 0) is 0 Å². The van der Waals surface area contributed by atoms with Crippen molar-refractivity contribution in [1.82, 2.24) is 0 Å². The largest absolute Gasteiger partial charge is 0.504 e. The summed E-state index contributed by atoms with van der Waals surface area (Å²) in [7, 11) is 1.48. The van der Waals surface area contributed by atoms with Gasteiger partial charge in [0.15, 0.2) is 11.5 Å². The minimum Gasteiger partial charge on any atom is -0.504 e. The Balaban J connectivity index is 3.21. The van der Waals surface area contributed by atoms with Crippen LogP contribution in [0, 0.1) is 0 Å². The molecule has 0 saturated heterocycles. The van der Waals surface area contributed by atoms with Crippen LogP contribution in [0.2, 0.25) is 5.02 Å². The minimum atomic E-state index is -0.220. The zero-order valence-corrected chi connectivity index (χ0v) is 9.01. The summed E-state index contributed by atoms with van der Waals surface area (Å²) in [5, 5.41) is 10.3. The quantitative estimate of drug-likeness (QED) is 0.815. The maximum atomic E-state index is 9.75. The highest BCUT2D eigenvalue weighted by molar-refractivity contribution is 6.30. The summed E-state index contributed by atoms with van der Waals surface area (Å²) in [6, 6.07) is 3.00. The molecule has 0 bridgehead atoms. The zero-order chi connectivity index (χ0) is 10.7. The minimum absolute atomic E-state index is 0.0752. The molecule has 78 valence electrons. The molecule has 14 heavy (non-hydrogen) atoms. The van der Waals surface area contributed by atoms with Crippen molar-refractivity contribution in [2.75, 3.05) is 7.11 Å². The van der Waals surface area contributed by atoms with Gasteiger partial charge < -0.3 is 15.6 Å². The molecule has 1 unspecified atom stereocenters. The van der Waals surface area contributed by atoms with E-state index < -0.39 is 0 Å². The van der Waals surface area contributed by atoms with Gasteiger partial charge in [0.1, 0.15) is 0 Å². The Hall–Kier alpha value is -0.930. The van der Waals surface area contributed by atoms with E-state index in [-0.39, 0.29) is 11.8 Å². The number of phenolic OH excluding ortho intramolecular Hbond substituents is 1. The molecular weight excluding hydrogens is 202 g/mol. The van der Waals surface area contributed by atoms with Crippen molar-refractivity contribution in [3.63, 3.8) is 0 Å². The fourth-order valence-corrected chi connectivity index (χ4v) is 1.47. The highest BCUT2D eigenvalue weighted by Crippen LogP contribution is 2.36. The van der Waals surface area contributed by atoms with Gasteiger partial charge >= 0.3 is 0 Å². The van der Waals surface area contributed by atoms with Crippen LogP contribution in [0.15, 0.2) is 12.1 Å². The van der Waals surface area contributed by atoms with E-state index in [1.807, 2.05) is 6.92 Å². The number of ether oxygens (including phenoxy) is 1. The van der Waals surface area contributed by atoms with E-state index in [0.29, 0.717) is 16.3 Å². The summed E-state index contributed by atoms with van der Waals surface area (Å²) < 4.78 is 4.97. The van der Waals surface area contributed by atoms with E-state index in [1.54, 1.807) is 12.1 Å². The lowest BCUT2D eigenvalue weighted by Crippen LogP contribution is -2.09. The topological polar surface area (TPSA) is 55.5 Å². The fraction of sp³-hybridized carbons (Fsp3) is 0.400. The zero-order valence-electron chi connectivity index (χ0n) is 8.25. The second kappa shape index (κ2) is 4.53. The highest BCUT2D eigenvalue weighted by atomic mass is 35.5. The van der Waals surface area contributed by atoms with E-state index in [1.165, 1.54) is 7.11 Å². The molecule has 0 aromatic heterocycles. The van der Waals surface area contributed by atoms with Gasteiger partial charge in [-0.05, 0) is 12.5 Å². The molecule has 0 aliphatic heterocycles. The van der Waals surface area contributed by atoms with E-state index in [9.17, 15) is 5.11 Å². The average Bonchev–Trinajstić information content (AvgIpc) is 2.19. The molecule has 0 saturated carbocycles. The highest BCUT2D eigenvalue weighted by Gasteiger charge is 2.14. The summed E-state index contributed by atoms with van der Waals surface area (Å²) in [5.41, 5.74) is 6.44. The number of hydrogen-bond acceptors (Lipinski definition) is 3. The average molecular weight is 216 g/mol. The fourth-order valence-electron chi connectivity index (χ4n) is 1.25. The molecule has 1 rings (SSSR count). The maximum Gasteiger partial charge on any atom is 0.162 e. The number of methoxy groups -OCH3 is 1.